The number of hydrogen-bond acceptors (Lipinski definition) is 4. The second-order valence-electron chi connectivity index (χ2n) is 4.71. The van der Waals surface area contributed by atoms with Gasteiger partial charge in [0.25, 0.3) is 5.56 Å². The normalized spacial score (nSPS) is 11.1. The van der Waals surface area contributed by atoms with Gasteiger partial charge in [0.1, 0.15) is 4.70 Å². The molecule has 0 aliphatic heterocycles. The highest BCUT2D eigenvalue weighted by Crippen LogP contribution is 2.24. The van der Waals surface area contributed by atoms with Crippen LogP contribution in [-0.2, 0) is 0 Å². The summed E-state index contributed by atoms with van der Waals surface area (Å²) in [6, 6.07) is 11.7. The van der Waals surface area contributed by atoms with E-state index < -0.39 is 0 Å². The Labute approximate surface area is 131 Å². The maximum atomic E-state index is 12.8. The Balaban J connectivity index is 2.16. The second kappa shape index (κ2) is 6.45. The lowest BCUT2D eigenvalue weighted by Crippen LogP contribution is -2.20. The molecule has 0 aliphatic rings. The number of aromatic nitrogens is 2. The minimum atomic E-state index is 0.0280. The van der Waals surface area contributed by atoms with Gasteiger partial charge in [0, 0.05) is 5.75 Å². The number of benzene rings is 1. The fourth-order valence-electron chi connectivity index (χ4n) is 2.10. The van der Waals surface area contributed by atoms with Crippen LogP contribution in [0.1, 0.15) is 19.8 Å². The van der Waals surface area contributed by atoms with E-state index in [1.807, 2.05) is 41.8 Å². The van der Waals surface area contributed by atoms with Crippen molar-refractivity contribution in [1.82, 2.24) is 9.55 Å². The largest absolute Gasteiger partial charge is 0.276 e. The number of para-hydroxylation sites is 1. The van der Waals surface area contributed by atoms with E-state index >= 15 is 0 Å². The first kappa shape index (κ1) is 14.4. The molecule has 0 N–H and O–H groups in total. The Morgan fingerprint density at radius 1 is 1.24 bits per heavy atom. The zero-order valence-electron chi connectivity index (χ0n) is 11.8. The molecule has 108 valence electrons. The Morgan fingerprint density at radius 3 is 2.81 bits per heavy atom. The number of thioether (sulfide) groups is 1. The summed E-state index contributed by atoms with van der Waals surface area (Å²) in [5, 5.41) is 2.71. The van der Waals surface area contributed by atoms with Crippen molar-refractivity contribution in [1.29, 1.82) is 0 Å². The van der Waals surface area contributed by atoms with Crippen LogP contribution < -0.4 is 5.56 Å². The smallest absolute Gasteiger partial charge is 0.267 e. The number of unbranched alkanes of at least 4 members (excludes halogenated alkanes) is 1. The standard InChI is InChI=1S/C16H16N2OS2/c1-2-3-10-21-16-17-13-9-11-20-14(13)15(19)18(16)12-7-5-4-6-8-12/h4-9,11H,2-3,10H2,1H3. The minimum absolute atomic E-state index is 0.0280. The first-order valence-electron chi connectivity index (χ1n) is 6.99. The van der Waals surface area contributed by atoms with Gasteiger partial charge in [0.15, 0.2) is 5.16 Å². The van der Waals surface area contributed by atoms with Gasteiger partial charge in [-0.15, -0.1) is 11.3 Å². The summed E-state index contributed by atoms with van der Waals surface area (Å²) in [6.07, 6.45) is 2.26. The summed E-state index contributed by atoms with van der Waals surface area (Å²) in [6.45, 7) is 2.17. The van der Waals surface area contributed by atoms with E-state index in [-0.39, 0.29) is 5.56 Å². The molecule has 0 saturated carbocycles. The molecule has 0 amide bonds. The molecular weight excluding hydrogens is 300 g/mol. The van der Waals surface area contributed by atoms with Crippen molar-refractivity contribution in [3.8, 4) is 5.69 Å². The Morgan fingerprint density at radius 2 is 2.05 bits per heavy atom. The average Bonchev–Trinajstić information content (AvgIpc) is 2.97. The molecule has 5 heteroatoms. The van der Waals surface area contributed by atoms with Gasteiger partial charge in [0.05, 0.1) is 11.2 Å². The summed E-state index contributed by atoms with van der Waals surface area (Å²) >= 11 is 3.11. The molecule has 0 atom stereocenters. The van der Waals surface area contributed by atoms with Crippen LogP contribution in [-0.4, -0.2) is 15.3 Å². The lowest BCUT2D eigenvalue weighted by molar-refractivity contribution is 0.816. The van der Waals surface area contributed by atoms with Crippen LogP contribution >= 0.6 is 23.1 Å². The molecule has 0 fully saturated rings. The van der Waals surface area contributed by atoms with E-state index in [1.165, 1.54) is 11.3 Å². The highest BCUT2D eigenvalue weighted by Gasteiger charge is 2.13. The molecular formula is C16H16N2OS2. The summed E-state index contributed by atoms with van der Waals surface area (Å²) in [7, 11) is 0. The van der Waals surface area contributed by atoms with E-state index in [0.717, 1.165) is 39.7 Å². The SMILES string of the molecule is CCCCSc1nc2ccsc2c(=O)n1-c1ccccc1. The molecule has 3 rings (SSSR count). The number of fused-ring (bicyclic) bond motifs is 1. The van der Waals surface area contributed by atoms with Gasteiger partial charge in [-0.1, -0.05) is 43.3 Å². The third-order valence-electron chi connectivity index (χ3n) is 3.19. The zero-order chi connectivity index (χ0) is 14.7. The van der Waals surface area contributed by atoms with E-state index in [0.29, 0.717) is 0 Å². The minimum Gasteiger partial charge on any atom is -0.267 e. The number of thiophene rings is 1. The predicted octanol–water partition coefficient (Wildman–Crippen LogP) is 4.34. The fourth-order valence-corrected chi connectivity index (χ4v) is 3.96. The maximum Gasteiger partial charge on any atom is 0.276 e. The molecule has 0 bridgehead atoms. The zero-order valence-corrected chi connectivity index (χ0v) is 13.4. The quantitative estimate of drug-likeness (QED) is 0.399. The van der Waals surface area contributed by atoms with Gasteiger partial charge in [-0.3, -0.25) is 9.36 Å². The van der Waals surface area contributed by atoms with Crippen molar-refractivity contribution in [3.05, 3.63) is 52.1 Å². The maximum absolute atomic E-state index is 12.8. The number of hydrogen-bond donors (Lipinski definition) is 0. The van der Waals surface area contributed by atoms with Crippen LogP contribution in [0.25, 0.3) is 15.9 Å². The van der Waals surface area contributed by atoms with Crippen LogP contribution in [0.4, 0.5) is 0 Å². The lowest BCUT2D eigenvalue weighted by Gasteiger charge is -2.11. The lowest BCUT2D eigenvalue weighted by atomic mass is 10.3. The van der Waals surface area contributed by atoms with Crippen molar-refractivity contribution in [3.63, 3.8) is 0 Å². The Bertz CT molecular complexity index is 793. The molecule has 3 aromatic rings. The molecule has 0 spiro atoms. The van der Waals surface area contributed by atoms with Crippen LogP contribution in [0.2, 0.25) is 0 Å². The molecule has 21 heavy (non-hydrogen) atoms. The van der Waals surface area contributed by atoms with E-state index in [9.17, 15) is 4.79 Å². The molecule has 2 heterocycles. The van der Waals surface area contributed by atoms with E-state index in [2.05, 4.69) is 11.9 Å². The first-order chi connectivity index (χ1) is 10.3. The summed E-state index contributed by atoms with van der Waals surface area (Å²) < 4.78 is 2.46. The number of nitrogens with zero attached hydrogens (tertiary/aromatic N) is 2. The van der Waals surface area contributed by atoms with Crippen molar-refractivity contribution < 1.29 is 0 Å². The molecule has 0 aliphatic carbocycles. The number of rotatable bonds is 5. The third-order valence-corrected chi connectivity index (χ3v) is 5.11. The van der Waals surface area contributed by atoms with Gasteiger partial charge in [-0.25, -0.2) is 4.98 Å². The van der Waals surface area contributed by atoms with Gasteiger partial charge in [-0.05, 0) is 30.0 Å². The molecule has 0 saturated heterocycles. The monoisotopic (exact) mass is 316 g/mol. The fraction of sp³-hybridized carbons (Fsp3) is 0.250. The van der Waals surface area contributed by atoms with Gasteiger partial charge in [-0.2, -0.15) is 0 Å². The third kappa shape index (κ3) is 2.89. The van der Waals surface area contributed by atoms with Gasteiger partial charge in [0.2, 0.25) is 0 Å². The Hall–Kier alpha value is -1.59. The van der Waals surface area contributed by atoms with Crippen LogP contribution in [0.5, 0.6) is 0 Å². The van der Waals surface area contributed by atoms with Gasteiger partial charge < -0.3 is 0 Å². The molecule has 0 unspecified atom stereocenters. The average molecular weight is 316 g/mol. The topological polar surface area (TPSA) is 34.9 Å². The van der Waals surface area contributed by atoms with E-state index in [1.54, 1.807) is 16.3 Å². The highest BCUT2D eigenvalue weighted by molar-refractivity contribution is 7.99. The van der Waals surface area contributed by atoms with Crippen molar-refractivity contribution >= 4 is 33.3 Å². The van der Waals surface area contributed by atoms with Crippen LogP contribution in [0.15, 0.2) is 51.7 Å². The van der Waals surface area contributed by atoms with Crippen molar-refractivity contribution in [2.24, 2.45) is 0 Å². The molecule has 1 aromatic carbocycles. The molecule has 2 aromatic heterocycles. The van der Waals surface area contributed by atoms with E-state index in [4.69, 9.17) is 0 Å². The van der Waals surface area contributed by atoms with Crippen LogP contribution in [0, 0.1) is 0 Å². The summed E-state index contributed by atoms with van der Waals surface area (Å²) in [4.78, 5) is 17.4. The van der Waals surface area contributed by atoms with Crippen molar-refractivity contribution in [2.45, 2.75) is 24.9 Å². The second-order valence-corrected chi connectivity index (χ2v) is 6.69. The highest BCUT2D eigenvalue weighted by atomic mass is 32.2. The van der Waals surface area contributed by atoms with Gasteiger partial charge >= 0.3 is 0 Å². The molecule has 3 nitrogen and oxygen atoms in total. The van der Waals surface area contributed by atoms with Crippen LogP contribution in [0.3, 0.4) is 0 Å². The molecule has 0 radical (unpaired) electrons. The predicted molar refractivity (Wildman–Crippen MR) is 90.8 cm³/mol. The van der Waals surface area contributed by atoms with Crippen molar-refractivity contribution in [2.75, 3.05) is 5.75 Å². The first-order valence-corrected chi connectivity index (χ1v) is 8.86. The summed E-state index contributed by atoms with van der Waals surface area (Å²) in [5.74, 6) is 0.978. The Kier molecular flexibility index (Phi) is 4.41. The summed E-state index contributed by atoms with van der Waals surface area (Å²) in [5.41, 5.74) is 1.71.